The van der Waals surface area contributed by atoms with Crippen LogP contribution in [0.5, 0.6) is 5.75 Å². The predicted octanol–water partition coefficient (Wildman–Crippen LogP) is 4.44. The molecule has 2 nitrogen and oxygen atoms in total. The molecule has 0 N–H and O–H groups in total. The maximum Gasteiger partial charge on any atom is 0.119 e. The van der Waals surface area contributed by atoms with Crippen LogP contribution < -0.4 is 4.74 Å². The average molecular weight is 308 g/mol. The second-order valence-electron chi connectivity index (χ2n) is 5.43. The maximum absolute atomic E-state index is 5.28. The van der Waals surface area contributed by atoms with Crippen molar-refractivity contribution in [1.82, 2.24) is 4.98 Å². The highest BCUT2D eigenvalue weighted by atomic mass is 79.9. The lowest BCUT2D eigenvalue weighted by Gasteiger charge is -2.19. The fourth-order valence-corrected chi connectivity index (χ4v) is 2.36. The van der Waals surface area contributed by atoms with Gasteiger partial charge in [0.25, 0.3) is 0 Å². The van der Waals surface area contributed by atoms with Gasteiger partial charge in [-0.2, -0.15) is 0 Å². The molecule has 0 saturated heterocycles. The number of hydrogen-bond donors (Lipinski definition) is 0. The van der Waals surface area contributed by atoms with Crippen LogP contribution >= 0.6 is 15.9 Å². The molecule has 2 rings (SSSR count). The first-order valence-electron chi connectivity index (χ1n) is 6.00. The first-order chi connectivity index (χ1) is 8.45. The highest BCUT2D eigenvalue weighted by molar-refractivity contribution is 9.08. The fraction of sp³-hybridized carbons (Fsp3) is 0.400. The molecule has 1 aromatic carbocycles. The van der Waals surface area contributed by atoms with Gasteiger partial charge in [0.1, 0.15) is 5.75 Å². The van der Waals surface area contributed by atoms with Crippen LogP contribution in [0.15, 0.2) is 24.3 Å². The summed E-state index contributed by atoms with van der Waals surface area (Å²) in [7, 11) is 1.69. The summed E-state index contributed by atoms with van der Waals surface area (Å²) in [4.78, 5) is 4.75. The highest BCUT2D eigenvalue weighted by Crippen LogP contribution is 2.29. The summed E-state index contributed by atoms with van der Waals surface area (Å²) in [6.45, 7) is 6.55. The number of fused-ring (bicyclic) bond motifs is 1. The number of methoxy groups -OCH3 is 1. The SMILES string of the molecule is COc1ccc2nc(C(C)(C)C)cc(CBr)c2c1. The van der Waals surface area contributed by atoms with E-state index in [0.717, 1.165) is 27.7 Å². The molecule has 0 bridgehead atoms. The lowest BCUT2D eigenvalue weighted by Crippen LogP contribution is -2.14. The van der Waals surface area contributed by atoms with Gasteiger partial charge in [0.2, 0.25) is 0 Å². The zero-order valence-corrected chi connectivity index (χ0v) is 12.8. The van der Waals surface area contributed by atoms with Gasteiger partial charge in [0.15, 0.2) is 0 Å². The minimum atomic E-state index is 0.0606. The number of hydrogen-bond acceptors (Lipinski definition) is 2. The quantitative estimate of drug-likeness (QED) is 0.765. The van der Waals surface area contributed by atoms with Gasteiger partial charge in [-0.3, -0.25) is 4.98 Å². The number of ether oxygens (including phenoxy) is 1. The zero-order chi connectivity index (χ0) is 13.3. The smallest absolute Gasteiger partial charge is 0.119 e. The van der Waals surface area contributed by atoms with Crippen molar-refractivity contribution in [2.75, 3.05) is 7.11 Å². The van der Waals surface area contributed by atoms with E-state index < -0.39 is 0 Å². The number of nitrogens with zero attached hydrogens (tertiary/aromatic N) is 1. The van der Waals surface area contributed by atoms with E-state index in [4.69, 9.17) is 9.72 Å². The number of aromatic nitrogens is 1. The maximum atomic E-state index is 5.28. The molecule has 0 aliphatic heterocycles. The fourth-order valence-electron chi connectivity index (χ4n) is 1.90. The van der Waals surface area contributed by atoms with Gasteiger partial charge >= 0.3 is 0 Å². The van der Waals surface area contributed by atoms with Crippen LogP contribution in [0.2, 0.25) is 0 Å². The molecular formula is C15H18BrNO. The normalized spacial score (nSPS) is 11.8. The van der Waals surface area contributed by atoms with Crippen LogP contribution in [-0.2, 0) is 10.7 Å². The van der Waals surface area contributed by atoms with Crippen LogP contribution in [0.25, 0.3) is 10.9 Å². The Morgan fingerprint density at radius 2 is 1.94 bits per heavy atom. The number of benzene rings is 1. The van der Waals surface area contributed by atoms with E-state index in [-0.39, 0.29) is 5.41 Å². The average Bonchev–Trinajstić information content (AvgIpc) is 2.35. The van der Waals surface area contributed by atoms with Gasteiger partial charge in [-0.15, -0.1) is 0 Å². The molecule has 0 saturated carbocycles. The Morgan fingerprint density at radius 3 is 2.50 bits per heavy atom. The van der Waals surface area contributed by atoms with Gasteiger partial charge in [-0.1, -0.05) is 36.7 Å². The Balaban J connectivity index is 2.71. The summed E-state index contributed by atoms with van der Waals surface area (Å²) in [5, 5.41) is 1.97. The second-order valence-corrected chi connectivity index (χ2v) is 5.99. The third-order valence-electron chi connectivity index (χ3n) is 3.01. The summed E-state index contributed by atoms with van der Waals surface area (Å²) in [6, 6.07) is 8.21. The summed E-state index contributed by atoms with van der Waals surface area (Å²) < 4.78 is 5.28. The Kier molecular flexibility index (Phi) is 3.62. The van der Waals surface area contributed by atoms with E-state index in [2.05, 4.69) is 42.8 Å². The third-order valence-corrected chi connectivity index (χ3v) is 3.62. The van der Waals surface area contributed by atoms with Gasteiger partial charge in [0, 0.05) is 21.8 Å². The van der Waals surface area contributed by atoms with Crippen LogP contribution in [0.1, 0.15) is 32.0 Å². The number of pyridine rings is 1. The van der Waals surface area contributed by atoms with Gasteiger partial charge in [0.05, 0.1) is 12.6 Å². The lowest BCUT2D eigenvalue weighted by atomic mass is 9.90. The lowest BCUT2D eigenvalue weighted by molar-refractivity contribution is 0.415. The van der Waals surface area contributed by atoms with Gasteiger partial charge in [-0.05, 0) is 29.8 Å². The van der Waals surface area contributed by atoms with Gasteiger partial charge < -0.3 is 4.74 Å². The molecule has 0 unspecified atom stereocenters. The first kappa shape index (κ1) is 13.3. The standard InChI is InChI=1S/C15H18BrNO/c1-15(2,3)14-7-10(9-16)12-8-11(18-4)5-6-13(12)17-14/h5-8H,9H2,1-4H3. The Labute approximate surface area is 117 Å². The molecule has 0 aliphatic carbocycles. The molecule has 1 heterocycles. The van der Waals surface area contributed by atoms with E-state index in [0.29, 0.717) is 0 Å². The topological polar surface area (TPSA) is 22.1 Å². The monoisotopic (exact) mass is 307 g/mol. The zero-order valence-electron chi connectivity index (χ0n) is 11.2. The van der Waals surface area contributed by atoms with Gasteiger partial charge in [-0.25, -0.2) is 0 Å². The summed E-state index contributed by atoms with van der Waals surface area (Å²) in [6.07, 6.45) is 0. The van der Waals surface area contributed by atoms with E-state index in [1.165, 1.54) is 5.56 Å². The first-order valence-corrected chi connectivity index (χ1v) is 7.12. The van der Waals surface area contributed by atoms with Crippen molar-refractivity contribution in [2.24, 2.45) is 0 Å². The molecule has 18 heavy (non-hydrogen) atoms. The van der Waals surface area contributed by atoms with Crippen molar-refractivity contribution in [1.29, 1.82) is 0 Å². The molecule has 3 heteroatoms. The van der Waals surface area contributed by atoms with Crippen molar-refractivity contribution in [3.63, 3.8) is 0 Å². The summed E-state index contributed by atoms with van der Waals surface area (Å²) >= 11 is 3.56. The van der Waals surface area contributed by atoms with Crippen LogP contribution in [0.3, 0.4) is 0 Å². The minimum absolute atomic E-state index is 0.0606. The third kappa shape index (κ3) is 2.51. The molecule has 2 aromatic rings. The Hall–Kier alpha value is -1.09. The number of rotatable bonds is 2. The minimum Gasteiger partial charge on any atom is -0.497 e. The molecular weight excluding hydrogens is 290 g/mol. The molecule has 0 fully saturated rings. The van der Waals surface area contributed by atoms with Crippen molar-refractivity contribution in [2.45, 2.75) is 31.5 Å². The van der Waals surface area contributed by atoms with Crippen molar-refractivity contribution >= 4 is 26.8 Å². The van der Waals surface area contributed by atoms with E-state index in [9.17, 15) is 0 Å². The predicted molar refractivity (Wildman–Crippen MR) is 79.6 cm³/mol. The molecule has 96 valence electrons. The van der Waals surface area contributed by atoms with Crippen LogP contribution in [0.4, 0.5) is 0 Å². The summed E-state index contributed by atoms with van der Waals surface area (Å²) in [5.41, 5.74) is 3.46. The molecule has 0 radical (unpaired) electrons. The van der Waals surface area contributed by atoms with E-state index >= 15 is 0 Å². The highest BCUT2D eigenvalue weighted by Gasteiger charge is 2.17. The van der Waals surface area contributed by atoms with Crippen LogP contribution in [0, 0.1) is 0 Å². The summed E-state index contributed by atoms with van der Waals surface area (Å²) in [5.74, 6) is 0.870. The van der Waals surface area contributed by atoms with E-state index in [1.807, 2.05) is 18.2 Å². The molecule has 0 spiro atoms. The molecule has 0 atom stereocenters. The molecule has 1 aromatic heterocycles. The molecule has 0 aliphatic rings. The van der Waals surface area contributed by atoms with Crippen molar-refractivity contribution < 1.29 is 4.74 Å². The largest absolute Gasteiger partial charge is 0.497 e. The number of alkyl halides is 1. The van der Waals surface area contributed by atoms with E-state index in [1.54, 1.807) is 7.11 Å². The second kappa shape index (κ2) is 4.88. The Bertz CT molecular complexity index is 572. The van der Waals surface area contributed by atoms with Crippen LogP contribution in [-0.4, -0.2) is 12.1 Å². The van der Waals surface area contributed by atoms with Crippen molar-refractivity contribution in [3.05, 3.63) is 35.5 Å². The van der Waals surface area contributed by atoms with Crippen molar-refractivity contribution in [3.8, 4) is 5.75 Å². The molecule has 0 amide bonds. The number of halogens is 1. The Morgan fingerprint density at radius 1 is 1.22 bits per heavy atom.